The zero-order chi connectivity index (χ0) is 11.1. The van der Waals surface area contributed by atoms with E-state index in [-0.39, 0.29) is 0 Å². The van der Waals surface area contributed by atoms with Crippen molar-refractivity contribution in [1.82, 2.24) is 9.88 Å². The first-order valence-corrected chi connectivity index (χ1v) is 5.96. The van der Waals surface area contributed by atoms with Crippen LogP contribution in [0, 0.1) is 5.92 Å². The molecule has 1 aromatic heterocycles. The van der Waals surface area contributed by atoms with Gasteiger partial charge in [-0.25, -0.2) is 0 Å². The van der Waals surface area contributed by atoms with E-state index in [9.17, 15) is 0 Å². The minimum absolute atomic E-state index is 0.793. The van der Waals surface area contributed by atoms with Crippen molar-refractivity contribution in [1.29, 1.82) is 0 Å². The first-order chi connectivity index (χ1) is 7.74. The highest BCUT2D eigenvalue weighted by Crippen LogP contribution is 2.48. The number of hydrogen-bond donors (Lipinski definition) is 1. The molecule has 3 rings (SSSR count). The molecule has 2 unspecified atom stereocenters. The summed E-state index contributed by atoms with van der Waals surface area (Å²) in [6.07, 6.45) is 3.37. The molecule has 2 nitrogen and oxygen atoms in total. The Balaban J connectivity index is 1.80. The van der Waals surface area contributed by atoms with Crippen LogP contribution in [0.1, 0.15) is 17.9 Å². The van der Waals surface area contributed by atoms with Gasteiger partial charge in [0.15, 0.2) is 0 Å². The molecule has 2 atom stereocenters. The van der Waals surface area contributed by atoms with E-state index in [1.807, 2.05) is 6.20 Å². The lowest BCUT2D eigenvalue weighted by molar-refractivity contribution is 0.385. The fourth-order valence-corrected chi connectivity index (χ4v) is 2.63. The molecule has 1 fully saturated rings. The van der Waals surface area contributed by atoms with Crippen molar-refractivity contribution in [3.05, 3.63) is 36.0 Å². The number of aromatic nitrogens is 1. The molecule has 84 valence electrons. The van der Waals surface area contributed by atoms with E-state index in [1.54, 1.807) is 0 Å². The number of hydrogen-bond acceptors (Lipinski definition) is 1. The summed E-state index contributed by atoms with van der Waals surface area (Å²) in [5, 5.41) is 1.34. The molecule has 1 saturated carbocycles. The second-order valence-corrected chi connectivity index (χ2v) is 5.19. The molecule has 0 spiro atoms. The number of fused-ring (bicyclic) bond motifs is 1. The summed E-state index contributed by atoms with van der Waals surface area (Å²) in [7, 11) is 4.31. The lowest BCUT2D eigenvalue weighted by atomic mass is 10.1. The van der Waals surface area contributed by atoms with Gasteiger partial charge in [-0.3, -0.25) is 0 Å². The van der Waals surface area contributed by atoms with Crippen LogP contribution < -0.4 is 0 Å². The third-order valence-electron chi connectivity index (χ3n) is 3.53. The molecule has 0 saturated heterocycles. The molecule has 0 radical (unpaired) electrons. The van der Waals surface area contributed by atoms with E-state index in [4.69, 9.17) is 0 Å². The van der Waals surface area contributed by atoms with Gasteiger partial charge in [-0.2, -0.15) is 0 Å². The maximum absolute atomic E-state index is 3.24. The summed E-state index contributed by atoms with van der Waals surface area (Å²) in [6, 6.07) is 8.98. The Bertz CT molecular complexity index is 498. The van der Waals surface area contributed by atoms with Gasteiger partial charge >= 0.3 is 0 Å². The lowest BCUT2D eigenvalue weighted by Crippen LogP contribution is -2.15. The second kappa shape index (κ2) is 3.63. The molecule has 1 aliphatic rings. The van der Waals surface area contributed by atoms with E-state index in [0.29, 0.717) is 0 Å². The monoisotopic (exact) mass is 214 g/mol. The van der Waals surface area contributed by atoms with Crippen molar-refractivity contribution in [2.45, 2.75) is 12.3 Å². The third kappa shape index (κ3) is 1.74. The van der Waals surface area contributed by atoms with Gasteiger partial charge in [0.25, 0.3) is 0 Å². The van der Waals surface area contributed by atoms with E-state index in [0.717, 1.165) is 11.8 Å². The Labute approximate surface area is 96.3 Å². The summed E-state index contributed by atoms with van der Waals surface area (Å²) < 4.78 is 0. The average Bonchev–Trinajstić information content (AvgIpc) is 2.84. The van der Waals surface area contributed by atoms with Crippen molar-refractivity contribution >= 4 is 10.9 Å². The average molecular weight is 214 g/mol. The molecular weight excluding hydrogens is 196 g/mol. The topological polar surface area (TPSA) is 19.0 Å². The Kier molecular flexibility index (Phi) is 2.25. The highest BCUT2D eigenvalue weighted by molar-refractivity contribution is 5.80. The van der Waals surface area contributed by atoms with Crippen molar-refractivity contribution in [2.24, 2.45) is 5.92 Å². The fourth-order valence-electron chi connectivity index (χ4n) is 2.63. The largest absolute Gasteiger partial charge is 0.361 e. The Morgan fingerprint density at radius 2 is 2.19 bits per heavy atom. The van der Waals surface area contributed by atoms with Gasteiger partial charge in [0.1, 0.15) is 0 Å². The molecule has 0 bridgehead atoms. The van der Waals surface area contributed by atoms with Crippen molar-refractivity contribution in [2.75, 3.05) is 20.6 Å². The predicted octanol–water partition coefficient (Wildman–Crippen LogP) is 2.83. The predicted molar refractivity (Wildman–Crippen MR) is 67.7 cm³/mol. The molecule has 1 aromatic carbocycles. The Hall–Kier alpha value is -1.28. The van der Waals surface area contributed by atoms with Gasteiger partial charge < -0.3 is 9.88 Å². The van der Waals surface area contributed by atoms with Crippen LogP contribution in [-0.2, 0) is 0 Å². The van der Waals surface area contributed by atoms with E-state index in [1.165, 1.54) is 29.4 Å². The quantitative estimate of drug-likeness (QED) is 0.832. The van der Waals surface area contributed by atoms with Crippen molar-refractivity contribution < 1.29 is 0 Å². The lowest BCUT2D eigenvalue weighted by Gasteiger charge is -2.08. The zero-order valence-corrected chi connectivity index (χ0v) is 9.90. The van der Waals surface area contributed by atoms with Gasteiger partial charge in [0.2, 0.25) is 0 Å². The number of nitrogens with one attached hydrogen (secondary N) is 1. The molecule has 1 aliphatic carbocycles. The highest BCUT2D eigenvalue weighted by Gasteiger charge is 2.38. The van der Waals surface area contributed by atoms with Gasteiger partial charge in [-0.15, -0.1) is 0 Å². The van der Waals surface area contributed by atoms with Crippen LogP contribution in [0.15, 0.2) is 30.5 Å². The molecule has 0 amide bonds. The molecule has 2 heteroatoms. The van der Waals surface area contributed by atoms with Crippen molar-refractivity contribution in [3.8, 4) is 0 Å². The molecule has 16 heavy (non-hydrogen) atoms. The summed E-state index contributed by atoms with van der Waals surface area (Å²) in [6.45, 7) is 1.22. The maximum atomic E-state index is 3.24. The normalized spacial score (nSPS) is 24.2. The molecule has 1 heterocycles. The number of aromatic amines is 1. The molecular formula is C14H18N2. The van der Waals surface area contributed by atoms with Gasteiger partial charge in [-0.1, -0.05) is 6.07 Å². The standard InChI is InChI=1S/C14H18N2/c1-16(2)9-12-8-13(12)10-3-4-14-11(7-10)5-6-15-14/h3-7,12-13,15H,8-9H2,1-2H3. The van der Waals surface area contributed by atoms with Crippen LogP contribution >= 0.6 is 0 Å². The molecule has 1 N–H and O–H groups in total. The van der Waals surface area contributed by atoms with Crippen LogP contribution in [0.2, 0.25) is 0 Å². The fraction of sp³-hybridized carbons (Fsp3) is 0.429. The smallest absolute Gasteiger partial charge is 0.0454 e. The van der Waals surface area contributed by atoms with Gasteiger partial charge in [0, 0.05) is 18.3 Å². The first-order valence-electron chi connectivity index (χ1n) is 5.96. The minimum atomic E-state index is 0.793. The molecule has 2 aromatic rings. The first kappa shape index (κ1) is 9.91. The van der Waals surface area contributed by atoms with Crippen molar-refractivity contribution in [3.63, 3.8) is 0 Å². The Morgan fingerprint density at radius 3 is 3.00 bits per heavy atom. The van der Waals surface area contributed by atoms with Crippen LogP contribution in [0.3, 0.4) is 0 Å². The van der Waals surface area contributed by atoms with E-state index >= 15 is 0 Å². The summed E-state index contributed by atoms with van der Waals surface area (Å²) in [4.78, 5) is 5.53. The Morgan fingerprint density at radius 1 is 1.31 bits per heavy atom. The number of benzene rings is 1. The highest BCUT2D eigenvalue weighted by atomic mass is 15.1. The van der Waals surface area contributed by atoms with Crippen LogP contribution in [0.5, 0.6) is 0 Å². The number of nitrogens with zero attached hydrogens (tertiary/aromatic N) is 1. The molecule has 0 aliphatic heterocycles. The summed E-state index contributed by atoms with van der Waals surface area (Å²) in [5.74, 6) is 1.66. The maximum Gasteiger partial charge on any atom is 0.0454 e. The number of H-pyrrole nitrogens is 1. The van der Waals surface area contributed by atoms with E-state index < -0.39 is 0 Å². The second-order valence-electron chi connectivity index (χ2n) is 5.19. The van der Waals surface area contributed by atoms with Gasteiger partial charge in [-0.05, 0) is 61.5 Å². The summed E-state index contributed by atoms with van der Waals surface area (Å²) in [5.41, 5.74) is 2.76. The number of rotatable bonds is 3. The van der Waals surface area contributed by atoms with Crippen LogP contribution in [0.25, 0.3) is 10.9 Å². The summed E-state index contributed by atoms with van der Waals surface area (Å²) >= 11 is 0. The zero-order valence-electron chi connectivity index (χ0n) is 9.90. The van der Waals surface area contributed by atoms with Crippen LogP contribution in [-0.4, -0.2) is 30.5 Å². The third-order valence-corrected chi connectivity index (χ3v) is 3.53. The SMILES string of the molecule is CN(C)CC1CC1c1ccc2[nH]ccc2c1. The van der Waals surface area contributed by atoms with E-state index in [2.05, 4.69) is 48.2 Å². The van der Waals surface area contributed by atoms with Gasteiger partial charge in [0.05, 0.1) is 0 Å². The van der Waals surface area contributed by atoms with Crippen LogP contribution in [0.4, 0.5) is 0 Å². The minimum Gasteiger partial charge on any atom is -0.361 e.